The maximum atomic E-state index is 12.2. The molecule has 0 heterocycles. The number of benzene rings is 2. The lowest BCUT2D eigenvalue weighted by Crippen LogP contribution is -2.44. The number of rotatable bonds is 7. The number of ether oxygens (including phenoxy) is 1. The van der Waals surface area contributed by atoms with Gasteiger partial charge in [0.25, 0.3) is 0 Å². The van der Waals surface area contributed by atoms with Crippen molar-refractivity contribution < 1.29 is 9.53 Å². The van der Waals surface area contributed by atoms with Gasteiger partial charge in [-0.2, -0.15) is 0 Å². The summed E-state index contributed by atoms with van der Waals surface area (Å²) < 4.78 is 5.64. The van der Waals surface area contributed by atoms with Crippen LogP contribution in [0.25, 0.3) is 0 Å². The van der Waals surface area contributed by atoms with E-state index in [-0.39, 0.29) is 18.4 Å². The van der Waals surface area contributed by atoms with E-state index in [0.717, 1.165) is 28.8 Å². The van der Waals surface area contributed by atoms with Crippen molar-refractivity contribution in [2.45, 2.75) is 26.9 Å². The Bertz CT molecular complexity index is 748. The number of hydrogen-bond acceptors (Lipinski definition) is 3. The van der Waals surface area contributed by atoms with Crippen LogP contribution in [0.4, 0.5) is 10.5 Å². The largest absolute Gasteiger partial charge is 0.377 e. The fourth-order valence-electron chi connectivity index (χ4n) is 2.64. The lowest BCUT2D eigenvalue weighted by Gasteiger charge is -2.21. The number of halogens is 1. The number of para-hydroxylation sites is 1. The van der Waals surface area contributed by atoms with Crippen molar-refractivity contribution in [3.63, 3.8) is 0 Å². The number of guanidine groups is 1. The molecule has 7 heteroatoms. The average molecular weight is 405 g/mol. The van der Waals surface area contributed by atoms with Crippen LogP contribution in [0.5, 0.6) is 0 Å². The molecule has 6 nitrogen and oxygen atoms in total. The summed E-state index contributed by atoms with van der Waals surface area (Å²) in [6, 6.07) is 15.4. The highest BCUT2D eigenvalue weighted by Gasteiger charge is 2.11. The van der Waals surface area contributed by atoms with Gasteiger partial charge in [-0.25, -0.2) is 4.79 Å². The lowest BCUT2D eigenvalue weighted by atomic mass is 10.1. The first-order valence-corrected chi connectivity index (χ1v) is 9.03. The highest BCUT2D eigenvalue weighted by atomic mass is 35.5. The van der Waals surface area contributed by atoms with Gasteiger partial charge in [-0.15, -0.1) is 12.4 Å². The van der Waals surface area contributed by atoms with Crippen LogP contribution in [0.15, 0.2) is 48.5 Å². The van der Waals surface area contributed by atoms with Crippen molar-refractivity contribution in [1.82, 2.24) is 10.2 Å². The number of nitrogens with one attached hydrogen (secondary N) is 3. The fourth-order valence-corrected chi connectivity index (χ4v) is 2.64. The molecule has 2 rings (SSSR count). The van der Waals surface area contributed by atoms with E-state index in [1.807, 2.05) is 62.4 Å². The monoisotopic (exact) mass is 404 g/mol. The molecule has 0 fully saturated rings. The second-order valence-electron chi connectivity index (χ2n) is 6.51. The molecule has 0 saturated heterocycles. The van der Waals surface area contributed by atoms with Crippen LogP contribution in [0, 0.1) is 19.3 Å². The molecule has 2 aromatic rings. The third-order valence-corrected chi connectivity index (χ3v) is 4.23. The number of hydrogen-bond donors (Lipinski definition) is 3. The number of nitrogens with zero attached hydrogens (tertiary/aromatic N) is 1. The zero-order valence-corrected chi connectivity index (χ0v) is 17.4. The Kier molecular flexibility index (Phi) is 10.1. The van der Waals surface area contributed by atoms with Crippen LogP contribution in [0.2, 0.25) is 0 Å². The topological polar surface area (TPSA) is 77.5 Å². The Morgan fingerprint density at radius 1 is 1.07 bits per heavy atom. The Hall–Kier alpha value is -2.57. The van der Waals surface area contributed by atoms with Crippen LogP contribution < -0.4 is 10.6 Å². The summed E-state index contributed by atoms with van der Waals surface area (Å²) in [7, 11) is 1.78. The van der Waals surface area contributed by atoms with Crippen LogP contribution >= 0.6 is 12.4 Å². The first kappa shape index (κ1) is 23.5. The molecular weight excluding hydrogens is 376 g/mol. The van der Waals surface area contributed by atoms with Crippen molar-refractivity contribution in [2.24, 2.45) is 0 Å². The molecule has 0 bridgehead atoms. The van der Waals surface area contributed by atoms with Crippen molar-refractivity contribution in [1.29, 1.82) is 5.41 Å². The number of carbonyl (C=O) groups excluding carboxylic acids is 1. The van der Waals surface area contributed by atoms with Gasteiger partial charge in [-0.3, -0.25) is 10.7 Å². The zero-order chi connectivity index (χ0) is 19.6. The molecule has 0 atom stereocenters. The van der Waals surface area contributed by atoms with E-state index in [1.54, 1.807) is 11.9 Å². The van der Waals surface area contributed by atoms with E-state index in [4.69, 9.17) is 10.1 Å². The summed E-state index contributed by atoms with van der Waals surface area (Å²) in [6.07, 6.45) is 0.770. The minimum Gasteiger partial charge on any atom is -0.377 e. The molecule has 2 aromatic carbocycles. The Morgan fingerprint density at radius 2 is 1.71 bits per heavy atom. The van der Waals surface area contributed by atoms with E-state index in [0.29, 0.717) is 19.8 Å². The number of aryl methyl sites for hydroxylation is 2. The van der Waals surface area contributed by atoms with Gasteiger partial charge < -0.3 is 15.0 Å². The SMILES string of the molecule is Cc1cccc(C)c1NC(=O)NC(=N)N(C)CCCOCc1ccccc1.Cl. The Morgan fingerprint density at radius 3 is 2.36 bits per heavy atom. The smallest absolute Gasteiger partial charge is 0.326 e. The van der Waals surface area contributed by atoms with E-state index in [9.17, 15) is 4.79 Å². The predicted octanol–water partition coefficient (Wildman–Crippen LogP) is 4.32. The third-order valence-electron chi connectivity index (χ3n) is 4.23. The second-order valence-corrected chi connectivity index (χ2v) is 6.51. The van der Waals surface area contributed by atoms with Gasteiger partial charge in [0.2, 0.25) is 0 Å². The van der Waals surface area contributed by atoms with E-state index >= 15 is 0 Å². The summed E-state index contributed by atoms with van der Waals surface area (Å²) in [5.74, 6) is 0.0572. The molecule has 2 amide bonds. The van der Waals surface area contributed by atoms with Crippen molar-refractivity contribution in [3.05, 3.63) is 65.2 Å². The van der Waals surface area contributed by atoms with Crippen LogP contribution in [0.1, 0.15) is 23.1 Å². The first-order valence-electron chi connectivity index (χ1n) is 9.03. The normalized spacial score (nSPS) is 9.96. The van der Waals surface area contributed by atoms with Crippen molar-refractivity contribution >= 4 is 30.1 Å². The van der Waals surface area contributed by atoms with Gasteiger partial charge in [0.15, 0.2) is 5.96 Å². The van der Waals surface area contributed by atoms with Gasteiger partial charge in [0.1, 0.15) is 0 Å². The number of urea groups is 1. The Labute approximate surface area is 173 Å². The van der Waals surface area contributed by atoms with Crippen molar-refractivity contribution in [2.75, 3.05) is 25.5 Å². The van der Waals surface area contributed by atoms with Gasteiger partial charge in [-0.1, -0.05) is 48.5 Å². The van der Waals surface area contributed by atoms with Gasteiger partial charge >= 0.3 is 6.03 Å². The molecule has 152 valence electrons. The third kappa shape index (κ3) is 7.58. The van der Waals surface area contributed by atoms with Gasteiger partial charge in [0.05, 0.1) is 6.61 Å². The molecule has 0 aliphatic heterocycles. The summed E-state index contributed by atoms with van der Waals surface area (Å²) in [4.78, 5) is 13.8. The molecule has 0 aliphatic carbocycles. The average Bonchev–Trinajstić information content (AvgIpc) is 2.65. The molecule has 28 heavy (non-hydrogen) atoms. The molecule has 0 aliphatic rings. The van der Waals surface area contributed by atoms with E-state index < -0.39 is 6.03 Å². The predicted molar refractivity (Wildman–Crippen MR) is 116 cm³/mol. The summed E-state index contributed by atoms with van der Waals surface area (Å²) >= 11 is 0. The maximum absolute atomic E-state index is 12.2. The quantitative estimate of drug-likeness (QED) is 0.365. The Balaban J connectivity index is 0.00000392. The summed E-state index contributed by atoms with van der Waals surface area (Å²) in [5.41, 5.74) is 3.89. The number of carbonyl (C=O) groups is 1. The zero-order valence-electron chi connectivity index (χ0n) is 16.6. The fraction of sp³-hybridized carbons (Fsp3) is 0.333. The highest BCUT2D eigenvalue weighted by Crippen LogP contribution is 2.19. The van der Waals surface area contributed by atoms with Crippen molar-refractivity contribution in [3.8, 4) is 0 Å². The first-order chi connectivity index (χ1) is 13.0. The van der Waals surface area contributed by atoms with Crippen LogP contribution in [-0.4, -0.2) is 37.1 Å². The van der Waals surface area contributed by atoms with Crippen LogP contribution in [0.3, 0.4) is 0 Å². The van der Waals surface area contributed by atoms with Gasteiger partial charge in [-0.05, 0) is 37.0 Å². The molecule has 0 spiro atoms. The summed E-state index contributed by atoms with van der Waals surface area (Å²) in [6.45, 7) is 5.68. The molecule has 0 aromatic heterocycles. The molecular formula is C21H29ClN4O2. The van der Waals surface area contributed by atoms with Crippen LogP contribution in [-0.2, 0) is 11.3 Å². The number of anilines is 1. The van der Waals surface area contributed by atoms with E-state index in [1.165, 1.54) is 0 Å². The second kappa shape index (κ2) is 12.0. The molecule has 0 radical (unpaired) electrons. The molecule has 3 N–H and O–H groups in total. The minimum atomic E-state index is -0.412. The molecule has 0 saturated carbocycles. The number of amides is 2. The van der Waals surface area contributed by atoms with Gasteiger partial charge in [0, 0.05) is 25.9 Å². The standard InChI is InChI=1S/C21H28N4O2.ClH/c1-16-9-7-10-17(2)19(16)23-21(26)24-20(22)25(3)13-8-14-27-15-18-11-5-4-6-12-18;/h4-7,9-12H,8,13-15H2,1-3H3,(H3,22,23,24,26);1H. The summed E-state index contributed by atoms with van der Waals surface area (Å²) in [5, 5.41) is 13.4. The lowest BCUT2D eigenvalue weighted by molar-refractivity contribution is 0.115. The maximum Gasteiger partial charge on any atom is 0.326 e. The van der Waals surface area contributed by atoms with E-state index in [2.05, 4.69) is 10.6 Å². The highest BCUT2D eigenvalue weighted by molar-refractivity contribution is 6.01. The minimum absolute atomic E-state index is 0. The molecule has 0 unspecified atom stereocenters.